The first-order valence-electron chi connectivity index (χ1n) is 7.19. The Morgan fingerprint density at radius 2 is 1.81 bits per heavy atom. The fourth-order valence-corrected chi connectivity index (χ4v) is 2.24. The highest BCUT2D eigenvalue weighted by molar-refractivity contribution is 6.32. The molecule has 1 aromatic carbocycles. The monoisotopic (exact) mass is 390 g/mol. The normalized spacial score (nSPS) is 11.6. The molecule has 0 fully saturated rings. The second-order valence-electron chi connectivity index (χ2n) is 5.16. The van der Waals surface area contributed by atoms with E-state index in [2.05, 4.69) is 20.4 Å². The summed E-state index contributed by atoms with van der Waals surface area (Å²) in [5.74, 6) is -3.96. The van der Waals surface area contributed by atoms with E-state index in [1.54, 1.807) is 13.8 Å². The first-order chi connectivity index (χ1) is 12.3. The summed E-state index contributed by atoms with van der Waals surface area (Å²) in [6.07, 6.45) is -0.437. The van der Waals surface area contributed by atoms with Gasteiger partial charge in [0.1, 0.15) is 22.6 Å². The lowest BCUT2D eigenvalue weighted by atomic mass is 10.1. The number of ether oxygens (including phenoxy) is 2. The van der Waals surface area contributed by atoms with Crippen LogP contribution in [0.5, 0.6) is 5.88 Å². The summed E-state index contributed by atoms with van der Waals surface area (Å²) >= 11 is 6.06. The quantitative estimate of drug-likeness (QED) is 0.271. The van der Waals surface area contributed by atoms with Gasteiger partial charge in [0.15, 0.2) is 0 Å². The highest BCUT2D eigenvalue weighted by atomic mass is 35.5. The Morgan fingerprint density at radius 3 is 2.31 bits per heavy atom. The number of benzene rings is 1. The Bertz CT molecular complexity index is 826. The number of rotatable bonds is 4. The minimum absolute atomic E-state index is 0.216. The molecule has 0 atom stereocenters. The van der Waals surface area contributed by atoms with Gasteiger partial charge in [-0.05, 0) is 19.0 Å². The van der Waals surface area contributed by atoms with E-state index in [-0.39, 0.29) is 28.6 Å². The Labute approximate surface area is 151 Å². The molecule has 1 heterocycles. The van der Waals surface area contributed by atoms with Crippen LogP contribution in [-0.2, 0) is 4.74 Å². The fraction of sp³-hybridized carbons (Fsp3) is 0.267. The lowest BCUT2D eigenvalue weighted by molar-refractivity contribution is 0.233. The van der Waals surface area contributed by atoms with Gasteiger partial charge in [-0.2, -0.15) is 9.97 Å². The third-order valence-electron chi connectivity index (χ3n) is 2.94. The molecule has 0 bridgehead atoms. The van der Waals surface area contributed by atoms with Crippen molar-refractivity contribution in [3.05, 3.63) is 34.7 Å². The van der Waals surface area contributed by atoms with Crippen LogP contribution in [0.3, 0.4) is 0 Å². The van der Waals surface area contributed by atoms with E-state index in [9.17, 15) is 13.2 Å². The van der Waals surface area contributed by atoms with Gasteiger partial charge in [-0.1, -0.05) is 11.6 Å². The standard InChI is InChI=1S/C15H14ClF3N4O3/c1-6(2)26-13-11(10-8(18)4-7(17)5-9(10)19)12(16)20-14(21-13)22-15(23-24)25-3/h4-6,24H,1-3H3,(H,20,21,22,23). The van der Waals surface area contributed by atoms with Crippen LogP contribution in [0.2, 0.25) is 5.15 Å². The molecule has 26 heavy (non-hydrogen) atoms. The largest absolute Gasteiger partial charge is 0.474 e. The zero-order chi connectivity index (χ0) is 19.4. The van der Waals surface area contributed by atoms with Crippen LogP contribution < -0.4 is 10.1 Å². The molecule has 0 aliphatic rings. The molecule has 7 nitrogen and oxygen atoms in total. The molecule has 2 N–H and O–H groups in total. The smallest absolute Gasteiger partial charge is 0.330 e. The van der Waals surface area contributed by atoms with E-state index in [4.69, 9.17) is 26.3 Å². The highest BCUT2D eigenvalue weighted by Crippen LogP contribution is 2.38. The number of methoxy groups -OCH3 is 1. The topological polar surface area (TPSA) is 88.9 Å². The molecule has 0 unspecified atom stereocenters. The summed E-state index contributed by atoms with van der Waals surface area (Å²) in [4.78, 5) is 7.78. The molecular formula is C15H14ClF3N4O3. The number of aromatic nitrogens is 2. The molecule has 0 spiro atoms. The summed E-state index contributed by atoms with van der Waals surface area (Å²) in [7, 11) is 1.22. The molecule has 0 saturated carbocycles. The number of anilines is 1. The van der Waals surface area contributed by atoms with Gasteiger partial charge in [0.05, 0.1) is 24.3 Å². The summed E-state index contributed by atoms with van der Waals surface area (Å²) in [6, 6.07) is 0.645. The average molecular weight is 391 g/mol. The van der Waals surface area contributed by atoms with E-state index in [0.29, 0.717) is 12.1 Å². The van der Waals surface area contributed by atoms with Gasteiger partial charge in [-0.25, -0.2) is 13.2 Å². The van der Waals surface area contributed by atoms with Crippen molar-refractivity contribution in [2.75, 3.05) is 12.4 Å². The first-order valence-corrected chi connectivity index (χ1v) is 7.56. The summed E-state index contributed by atoms with van der Waals surface area (Å²) in [5.41, 5.74) is -0.929. The van der Waals surface area contributed by atoms with Crippen molar-refractivity contribution >= 4 is 23.6 Å². The van der Waals surface area contributed by atoms with Crippen molar-refractivity contribution in [1.29, 1.82) is 0 Å². The third kappa shape index (κ3) is 4.26. The molecule has 0 saturated heterocycles. The van der Waals surface area contributed by atoms with Crippen LogP contribution in [-0.4, -0.2) is 34.4 Å². The molecule has 0 aliphatic carbocycles. The summed E-state index contributed by atoms with van der Waals surface area (Å²) in [5, 5.41) is 13.6. The Balaban J connectivity index is 2.66. The van der Waals surface area contributed by atoms with Gasteiger partial charge in [-0.3, -0.25) is 5.32 Å². The maximum absolute atomic E-state index is 14.2. The predicted octanol–water partition coefficient (Wildman–Crippen LogP) is 3.81. The SMILES string of the molecule is COC(=NO)Nc1nc(Cl)c(-c2c(F)cc(F)cc2F)c(OC(C)C)n1. The van der Waals surface area contributed by atoms with E-state index in [1.807, 2.05) is 0 Å². The minimum Gasteiger partial charge on any atom is -0.474 e. The Hall–Kier alpha value is -2.75. The zero-order valence-electron chi connectivity index (χ0n) is 13.8. The second kappa shape index (κ2) is 8.09. The average Bonchev–Trinajstić information content (AvgIpc) is 2.53. The maximum atomic E-state index is 14.2. The first kappa shape index (κ1) is 19.6. The van der Waals surface area contributed by atoms with E-state index < -0.39 is 29.1 Å². The van der Waals surface area contributed by atoms with Crippen molar-refractivity contribution in [2.45, 2.75) is 20.0 Å². The Kier molecular flexibility index (Phi) is 6.09. The van der Waals surface area contributed by atoms with Gasteiger partial charge in [0, 0.05) is 12.1 Å². The predicted molar refractivity (Wildman–Crippen MR) is 88.0 cm³/mol. The summed E-state index contributed by atoms with van der Waals surface area (Å²) in [6.45, 7) is 3.31. The maximum Gasteiger partial charge on any atom is 0.330 e. The van der Waals surface area contributed by atoms with Gasteiger partial charge < -0.3 is 14.7 Å². The van der Waals surface area contributed by atoms with Crippen LogP contribution in [0, 0.1) is 17.5 Å². The molecule has 140 valence electrons. The Morgan fingerprint density at radius 1 is 1.19 bits per heavy atom. The molecule has 1 aromatic heterocycles. The molecule has 11 heteroatoms. The van der Waals surface area contributed by atoms with Crippen LogP contribution in [0.4, 0.5) is 19.1 Å². The number of nitrogens with one attached hydrogen (secondary N) is 1. The molecule has 0 radical (unpaired) electrons. The second-order valence-corrected chi connectivity index (χ2v) is 5.52. The number of nitrogens with zero attached hydrogens (tertiary/aromatic N) is 3. The van der Waals surface area contributed by atoms with Gasteiger partial charge in [0.25, 0.3) is 0 Å². The van der Waals surface area contributed by atoms with Crippen LogP contribution >= 0.6 is 11.6 Å². The lowest BCUT2D eigenvalue weighted by Crippen LogP contribution is -2.17. The number of oxime groups is 1. The van der Waals surface area contributed by atoms with Crippen molar-refractivity contribution in [3.63, 3.8) is 0 Å². The highest BCUT2D eigenvalue weighted by Gasteiger charge is 2.24. The number of halogens is 4. The summed E-state index contributed by atoms with van der Waals surface area (Å²) < 4.78 is 51.7. The zero-order valence-corrected chi connectivity index (χ0v) is 14.6. The van der Waals surface area contributed by atoms with E-state index >= 15 is 0 Å². The van der Waals surface area contributed by atoms with Gasteiger partial charge in [0.2, 0.25) is 11.8 Å². The van der Waals surface area contributed by atoms with E-state index in [0.717, 1.165) is 0 Å². The molecule has 0 amide bonds. The van der Waals surface area contributed by atoms with Gasteiger partial charge in [-0.15, -0.1) is 0 Å². The van der Waals surface area contributed by atoms with E-state index in [1.165, 1.54) is 7.11 Å². The molecule has 0 aliphatic heterocycles. The number of hydrogen-bond donors (Lipinski definition) is 2. The minimum atomic E-state index is -1.20. The molecule has 2 aromatic rings. The van der Waals surface area contributed by atoms with Crippen molar-refractivity contribution in [2.24, 2.45) is 5.16 Å². The number of hydrogen-bond acceptors (Lipinski definition) is 6. The van der Waals surface area contributed by atoms with Crippen molar-refractivity contribution in [1.82, 2.24) is 9.97 Å². The van der Waals surface area contributed by atoms with Crippen molar-refractivity contribution < 1.29 is 27.9 Å². The van der Waals surface area contributed by atoms with Gasteiger partial charge >= 0.3 is 6.02 Å². The lowest BCUT2D eigenvalue weighted by Gasteiger charge is -2.16. The fourth-order valence-electron chi connectivity index (χ4n) is 1.98. The van der Waals surface area contributed by atoms with Crippen LogP contribution in [0.1, 0.15) is 13.8 Å². The number of amidine groups is 1. The van der Waals surface area contributed by atoms with Crippen molar-refractivity contribution in [3.8, 4) is 17.0 Å². The molecule has 2 rings (SSSR count). The van der Waals surface area contributed by atoms with Crippen LogP contribution in [0.25, 0.3) is 11.1 Å². The van der Waals surface area contributed by atoms with Crippen LogP contribution in [0.15, 0.2) is 17.3 Å². The third-order valence-corrected chi connectivity index (χ3v) is 3.21. The molecular weight excluding hydrogens is 377 g/mol.